The molecule has 0 saturated heterocycles. The predicted octanol–water partition coefficient (Wildman–Crippen LogP) is 4.65. The Balaban J connectivity index is 2.04. The van der Waals surface area contributed by atoms with Gasteiger partial charge in [0.15, 0.2) is 0 Å². The minimum atomic E-state index is -0.216. The van der Waals surface area contributed by atoms with Gasteiger partial charge in [-0.1, -0.05) is 28.1 Å². The topological polar surface area (TPSA) is 21.3 Å². The molecule has 0 aromatic heterocycles. The lowest BCUT2D eigenvalue weighted by molar-refractivity contribution is 0.405. The SMILES string of the molecule is COc1c(Br)cc(Br)cc1CNCc1cccc(F)c1. The summed E-state index contributed by atoms with van der Waals surface area (Å²) in [6, 6.07) is 10.5. The summed E-state index contributed by atoms with van der Waals surface area (Å²) >= 11 is 6.93. The Bertz CT molecular complexity index is 604. The van der Waals surface area contributed by atoms with Gasteiger partial charge in [-0.3, -0.25) is 0 Å². The van der Waals surface area contributed by atoms with Crippen LogP contribution in [0.5, 0.6) is 5.75 Å². The summed E-state index contributed by atoms with van der Waals surface area (Å²) in [4.78, 5) is 0. The standard InChI is InChI=1S/C15H14Br2FNO/c1-20-15-11(6-12(16)7-14(15)17)9-19-8-10-3-2-4-13(18)5-10/h2-7,19H,8-9H2,1H3. The van der Waals surface area contributed by atoms with Gasteiger partial charge in [0.25, 0.3) is 0 Å². The van der Waals surface area contributed by atoms with Crippen molar-refractivity contribution in [1.82, 2.24) is 5.32 Å². The zero-order chi connectivity index (χ0) is 14.5. The lowest BCUT2D eigenvalue weighted by Gasteiger charge is -2.12. The van der Waals surface area contributed by atoms with Gasteiger partial charge in [0.1, 0.15) is 11.6 Å². The van der Waals surface area contributed by atoms with E-state index in [1.807, 2.05) is 18.2 Å². The average molecular weight is 403 g/mol. The number of rotatable bonds is 5. The number of hydrogen-bond donors (Lipinski definition) is 1. The zero-order valence-electron chi connectivity index (χ0n) is 10.9. The van der Waals surface area contributed by atoms with Crippen molar-refractivity contribution >= 4 is 31.9 Å². The van der Waals surface area contributed by atoms with Gasteiger partial charge in [-0.15, -0.1) is 0 Å². The average Bonchev–Trinajstić information content (AvgIpc) is 2.38. The summed E-state index contributed by atoms with van der Waals surface area (Å²) in [6.45, 7) is 1.24. The maximum absolute atomic E-state index is 13.1. The highest BCUT2D eigenvalue weighted by Crippen LogP contribution is 2.32. The second kappa shape index (κ2) is 7.20. The van der Waals surface area contributed by atoms with E-state index in [-0.39, 0.29) is 5.82 Å². The van der Waals surface area contributed by atoms with Gasteiger partial charge in [0.05, 0.1) is 11.6 Å². The normalized spacial score (nSPS) is 10.6. The molecule has 0 fully saturated rings. The number of ether oxygens (including phenoxy) is 1. The molecule has 0 aliphatic rings. The Hall–Kier alpha value is -0.910. The van der Waals surface area contributed by atoms with E-state index in [9.17, 15) is 4.39 Å². The van der Waals surface area contributed by atoms with Crippen LogP contribution in [0.3, 0.4) is 0 Å². The van der Waals surface area contributed by atoms with Crippen LogP contribution in [0.4, 0.5) is 4.39 Å². The summed E-state index contributed by atoms with van der Waals surface area (Å²) in [5, 5.41) is 3.29. The molecule has 2 rings (SSSR count). The molecule has 0 amide bonds. The van der Waals surface area contributed by atoms with Crippen molar-refractivity contribution in [2.75, 3.05) is 7.11 Å². The highest BCUT2D eigenvalue weighted by Gasteiger charge is 2.09. The molecule has 0 aliphatic carbocycles. The minimum absolute atomic E-state index is 0.216. The van der Waals surface area contributed by atoms with Crippen LogP contribution in [-0.4, -0.2) is 7.11 Å². The lowest BCUT2D eigenvalue weighted by atomic mass is 10.2. The third-order valence-electron chi connectivity index (χ3n) is 2.82. The van der Waals surface area contributed by atoms with E-state index in [0.29, 0.717) is 13.1 Å². The maximum atomic E-state index is 13.1. The Morgan fingerprint density at radius 3 is 2.65 bits per heavy atom. The molecule has 0 bridgehead atoms. The fraction of sp³-hybridized carbons (Fsp3) is 0.200. The summed E-state index contributed by atoms with van der Waals surface area (Å²) in [6.07, 6.45) is 0. The second-order valence-corrected chi connectivity index (χ2v) is 6.08. The monoisotopic (exact) mass is 401 g/mol. The van der Waals surface area contributed by atoms with Gasteiger partial charge < -0.3 is 10.1 Å². The molecule has 0 unspecified atom stereocenters. The number of benzene rings is 2. The van der Waals surface area contributed by atoms with Gasteiger partial charge in [0, 0.05) is 23.1 Å². The van der Waals surface area contributed by atoms with Crippen LogP contribution in [0.1, 0.15) is 11.1 Å². The first kappa shape index (κ1) is 15.5. The van der Waals surface area contributed by atoms with Crippen LogP contribution < -0.4 is 10.1 Å². The fourth-order valence-corrected chi connectivity index (χ4v) is 3.44. The van der Waals surface area contributed by atoms with Crippen molar-refractivity contribution in [2.45, 2.75) is 13.1 Å². The minimum Gasteiger partial charge on any atom is -0.495 e. The van der Waals surface area contributed by atoms with E-state index in [0.717, 1.165) is 25.8 Å². The van der Waals surface area contributed by atoms with Gasteiger partial charge in [-0.2, -0.15) is 0 Å². The van der Waals surface area contributed by atoms with E-state index in [4.69, 9.17) is 4.74 Å². The molecule has 0 radical (unpaired) electrons. The quantitative estimate of drug-likeness (QED) is 0.785. The molecule has 0 saturated carbocycles. The highest BCUT2D eigenvalue weighted by molar-refractivity contribution is 9.11. The van der Waals surface area contributed by atoms with E-state index < -0.39 is 0 Å². The zero-order valence-corrected chi connectivity index (χ0v) is 14.1. The molecule has 2 aromatic rings. The Morgan fingerprint density at radius 2 is 1.95 bits per heavy atom. The smallest absolute Gasteiger partial charge is 0.137 e. The second-order valence-electron chi connectivity index (χ2n) is 4.31. The molecule has 20 heavy (non-hydrogen) atoms. The van der Waals surface area contributed by atoms with Crippen LogP contribution in [-0.2, 0) is 13.1 Å². The summed E-state index contributed by atoms with van der Waals surface area (Å²) in [7, 11) is 1.64. The van der Waals surface area contributed by atoms with Gasteiger partial charge >= 0.3 is 0 Å². The number of methoxy groups -OCH3 is 1. The summed E-state index contributed by atoms with van der Waals surface area (Å²) in [5.74, 6) is 0.590. The number of hydrogen-bond acceptors (Lipinski definition) is 2. The van der Waals surface area contributed by atoms with Gasteiger partial charge in [0.2, 0.25) is 0 Å². The Morgan fingerprint density at radius 1 is 1.15 bits per heavy atom. The van der Waals surface area contributed by atoms with E-state index >= 15 is 0 Å². The highest BCUT2D eigenvalue weighted by atomic mass is 79.9. The van der Waals surface area contributed by atoms with E-state index in [2.05, 4.69) is 37.2 Å². The summed E-state index contributed by atoms with van der Waals surface area (Å²) < 4.78 is 20.3. The predicted molar refractivity (Wildman–Crippen MR) is 85.3 cm³/mol. The van der Waals surface area contributed by atoms with Crippen LogP contribution in [0, 0.1) is 5.82 Å². The van der Waals surface area contributed by atoms with E-state index in [1.54, 1.807) is 13.2 Å². The van der Waals surface area contributed by atoms with Gasteiger partial charge in [-0.05, 0) is 45.8 Å². The molecule has 0 aliphatic heterocycles. The number of nitrogens with one attached hydrogen (secondary N) is 1. The molecule has 5 heteroatoms. The van der Waals surface area contributed by atoms with Crippen molar-refractivity contribution < 1.29 is 9.13 Å². The fourth-order valence-electron chi connectivity index (χ4n) is 1.96. The molecule has 1 N–H and O–H groups in total. The molecule has 0 atom stereocenters. The molecular weight excluding hydrogens is 389 g/mol. The Labute approximate surface area is 134 Å². The first-order chi connectivity index (χ1) is 9.60. The maximum Gasteiger partial charge on any atom is 0.137 e. The van der Waals surface area contributed by atoms with Crippen LogP contribution >= 0.6 is 31.9 Å². The van der Waals surface area contributed by atoms with Crippen molar-refractivity contribution in [1.29, 1.82) is 0 Å². The molecular formula is C15H14Br2FNO. The molecule has 106 valence electrons. The Kier molecular flexibility index (Phi) is 5.57. The lowest BCUT2D eigenvalue weighted by Crippen LogP contribution is -2.13. The molecule has 0 spiro atoms. The van der Waals surface area contributed by atoms with Gasteiger partial charge in [-0.25, -0.2) is 4.39 Å². The third-order valence-corrected chi connectivity index (χ3v) is 3.87. The third kappa shape index (κ3) is 4.04. The van der Waals surface area contributed by atoms with Crippen molar-refractivity contribution in [3.8, 4) is 5.75 Å². The van der Waals surface area contributed by atoms with Crippen molar-refractivity contribution in [3.63, 3.8) is 0 Å². The first-order valence-electron chi connectivity index (χ1n) is 6.07. The van der Waals surface area contributed by atoms with Crippen LogP contribution in [0.15, 0.2) is 45.3 Å². The largest absolute Gasteiger partial charge is 0.495 e. The molecule has 0 heterocycles. The van der Waals surface area contributed by atoms with Crippen molar-refractivity contribution in [3.05, 3.63) is 62.3 Å². The molecule has 2 aromatic carbocycles. The number of halogens is 3. The summed E-state index contributed by atoms with van der Waals surface area (Å²) in [5.41, 5.74) is 1.95. The van der Waals surface area contributed by atoms with Crippen LogP contribution in [0.25, 0.3) is 0 Å². The van der Waals surface area contributed by atoms with E-state index in [1.165, 1.54) is 12.1 Å². The van der Waals surface area contributed by atoms with Crippen LogP contribution in [0.2, 0.25) is 0 Å². The molecule has 2 nitrogen and oxygen atoms in total. The van der Waals surface area contributed by atoms with Crippen molar-refractivity contribution in [2.24, 2.45) is 0 Å². The first-order valence-corrected chi connectivity index (χ1v) is 7.66.